The molecule has 29 heavy (non-hydrogen) atoms. The summed E-state index contributed by atoms with van der Waals surface area (Å²) in [6, 6.07) is 9.61. The quantitative estimate of drug-likeness (QED) is 0.581. The van der Waals surface area contributed by atoms with Gasteiger partial charge in [-0.05, 0) is 18.2 Å². The van der Waals surface area contributed by atoms with E-state index in [-0.39, 0.29) is 29.2 Å². The number of halogens is 2. The second-order valence-electron chi connectivity index (χ2n) is 6.43. The number of nitrogens with zero attached hydrogens (tertiary/aromatic N) is 2. The smallest absolute Gasteiger partial charge is 0.368 e. The van der Waals surface area contributed by atoms with Gasteiger partial charge in [-0.3, -0.25) is 14.3 Å². The first-order valence-electron chi connectivity index (χ1n) is 8.62. The van der Waals surface area contributed by atoms with Crippen LogP contribution in [0.25, 0.3) is 11.0 Å². The van der Waals surface area contributed by atoms with E-state index in [4.69, 9.17) is 19.5 Å². The van der Waals surface area contributed by atoms with Crippen LogP contribution in [0.4, 0.5) is 14.7 Å². The van der Waals surface area contributed by atoms with Crippen LogP contribution in [0.1, 0.15) is 12.6 Å². The van der Waals surface area contributed by atoms with Crippen LogP contribution in [0.5, 0.6) is 5.75 Å². The highest BCUT2D eigenvalue weighted by Gasteiger charge is 2.52. The summed E-state index contributed by atoms with van der Waals surface area (Å²) in [4.78, 5) is 18.2. The van der Waals surface area contributed by atoms with Crippen molar-refractivity contribution in [3.05, 3.63) is 52.9 Å². The molecule has 1 aliphatic heterocycles. The minimum Gasteiger partial charge on any atom is -0.426 e. The summed E-state index contributed by atoms with van der Waals surface area (Å²) in [5, 5.41) is 0.201. The number of rotatable bonds is 6. The Balaban J connectivity index is 1.46. The summed E-state index contributed by atoms with van der Waals surface area (Å²) in [5.74, 6) is -2.70. The Morgan fingerprint density at radius 1 is 1.38 bits per heavy atom. The van der Waals surface area contributed by atoms with Crippen molar-refractivity contribution in [3.8, 4) is 5.75 Å². The molecule has 0 spiro atoms. The van der Waals surface area contributed by atoms with Crippen molar-refractivity contribution in [2.24, 2.45) is 0 Å². The molecule has 0 aliphatic carbocycles. The topological polar surface area (TPSA) is 121 Å². The minimum atomic E-state index is -3.12. The third kappa shape index (κ3) is 3.89. The highest BCUT2D eigenvalue weighted by atomic mass is 31.1. The van der Waals surface area contributed by atoms with Gasteiger partial charge in [-0.2, -0.15) is 4.98 Å². The molecule has 1 aromatic carbocycles. The van der Waals surface area contributed by atoms with Crippen LogP contribution in [0.3, 0.4) is 0 Å². The zero-order valence-corrected chi connectivity index (χ0v) is 15.9. The molecule has 1 aliphatic rings. The van der Waals surface area contributed by atoms with E-state index in [1.807, 2.05) is 0 Å². The lowest BCUT2D eigenvalue weighted by atomic mass is 10.2. The number of ether oxygens (including phenoxy) is 1. The lowest BCUT2D eigenvalue weighted by molar-refractivity contribution is -0.190. The zero-order valence-electron chi connectivity index (χ0n) is 14.9. The number of hydrogen-bond acceptors (Lipinski definition) is 7. The molecular formula is C17H17F2N4O5P. The van der Waals surface area contributed by atoms with Crippen molar-refractivity contribution in [1.82, 2.24) is 14.5 Å². The predicted octanol–water partition coefficient (Wildman–Crippen LogP) is 2.71. The van der Waals surface area contributed by atoms with E-state index in [9.17, 15) is 18.1 Å². The van der Waals surface area contributed by atoms with Crippen LogP contribution in [0, 0.1) is 0 Å². The van der Waals surface area contributed by atoms with Crippen molar-refractivity contribution in [2.75, 3.05) is 12.3 Å². The molecular weight excluding hydrogens is 409 g/mol. The number of aromatic amines is 1. The Labute approximate surface area is 163 Å². The number of hydrogen-bond donors (Lipinski definition) is 2. The number of benzene rings is 1. The molecule has 12 heteroatoms. The van der Waals surface area contributed by atoms with Gasteiger partial charge in [0.25, 0.3) is 11.4 Å². The monoisotopic (exact) mass is 426 g/mol. The predicted molar refractivity (Wildman–Crippen MR) is 100 cm³/mol. The Morgan fingerprint density at radius 2 is 2.14 bits per heavy atom. The maximum Gasteiger partial charge on any atom is 0.368 e. The Bertz CT molecular complexity index is 1110. The van der Waals surface area contributed by atoms with Crippen LogP contribution >= 0.6 is 8.25 Å². The number of nitrogen functional groups attached to an aromatic ring is 1. The van der Waals surface area contributed by atoms with Crippen LogP contribution in [0.15, 0.2) is 47.4 Å². The van der Waals surface area contributed by atoms with Crippen LogP contribution < -0.4 is 15.8 Å². The van der Waals surface area contributed by atoms with Crippen LogP contribution in [-0.4, -0.2) is 33.2 Å². The fourth-order valence-electron chi connectivity index (χ4n) is 3.06. The second-order valence-corrected chi connectivity index (χ2v) is 7.42. The summed E-state index contributed by atoms with van der Waals surface area (Å²) in [6.07, 6.45) is -2.09. The summed E-state index contributed by atoms with van der Waals surface area (Å²) < 4.78 is 57.8. The molecule has 1 saturated heterocycles. The van der Waals surface area contributed by atoms with Gasteiger partial charge < -0.3 is 19.6 Å². The summed E-state index contributed by atoms with van der Waals surface area (Å²) in [6.45, 7) is -0.926. The van der Waals surface area contributed by atoms with Crippen molar-refractivity contribution in [2.45, 2.75) is 24.7 Å². The summed E-state index contributed by atoms with van der Waals surface area (Å²) in [7, 11) is -3.12. The van der Waals surface area contributed by atoms with Gasteiger partial charge in [0, 0.05) is 12.6 Å². The second kappa shape index (κ2) is 7.58. The average Bonchev–Trinajstić information content (AvgIpc) is 3.23. The van der Waals surface area contributed by atoms with Gasteiger partial charge in [-0.25, -0.2) is 13.3 Å². The lowest BCUT2D eigenvalue weighted by Crippen LogP contribution is -2.36. The van der Waals surface area contributed by atoms with Crippen LogP contribution in [0.2, 0.25) is 0 Å². The average molecular weight is 426 g/mol. The molecule has 0 bridgehead atoms. The molecule has 154 valence electrons. The number of para-hydroxylation sites is 1. The Kier molecular flexibility index (Phi) is 5.12. The molecule has 1 fully saturated rings. The number of aromatic nitrogens is 3. The molecule has 1 unspecified atom stereocenters. The van der Waals surface area contributed by atoms with Gasteiger partial charge in [0.1, 0.15) is 18.6 Å². The van der Waals surface area contributed by atoms with E-state index in [0.717, 1.165) is 0 Å². The highest BCUT2D eigenvalue weighted by Crippen LogP contribution is 2.42. The molecule has 4 rings (SSSR count). The molecule has 2 aromatic heterocycles. The molecule has 0 radical (unpaired) electrons. The lowest BCUT2D eigenvalue weighted by Gasteiger charge is -2.22. The third-order valence-electron chi connectivity index (χ3n) is 4.45. The molecule has 3 heterocycles. The first kappa shape index (κ1) is 19.6. The minimum absolute atomic E-state index is 0.134. The number of nitrogens with two attached hydrogens (primary N) is 1. The standard InChI is InChI=1S/C17H17F2N4O5P/c18-12-8-13(23-7-6-11-14(23)21-16(20)22-15(11)24)27-17(12,19)9-26-29(25)28-10-4-2-1-3-5-10/h1-7,12-13,29H,8-9H2,(H3,20,21,22,24)/t12-,13+,17+/m0/s1. The van der Waals surface area contributed by atoms with Crippen molar-refractivity contribution >= 4 is 25.2 Å². The number of fused-ring (bicyclic) bond motifs is 1. The molecule has 3 N–H and O–H groups in total. The first-order valence-corrected chi connectivity index (χ1v) is 9.85. The number of alkyl halides is 2. The maximum atomic E-state index is 15.0. The number of H-pyrrole nitrogens is 1. The molecule has 4 atom stereocenters. The Morgan fingerprint density at radius 3 is 2.90 bits per heavy atom. The normalized spacial score (nSPS) is 25.3. The van der Waals surface area contributed by atoms with E-state index in [1.54, 1.807) is 30.3 Å². The van der Waals surface area contributed by atoms with Crippen molar-refractivity contribution < 1.29 is 27.1 Å². The molecule has 3 aromatic rings. The van der Waals surface area contributed by atoms with E-state index in [2.05, 4.69) is 9.97 Å². The largest absolute Gasteiger partial charge is 0.426 e. The fraction of sp³-hybridized carbons (Fsp3) is 0.294. The van der Waals surface area contributed by atoms with Gasteiger partial charge in [-0.1, -0.05) is 18.2 Å². The van der Waals surface area contributed by atoms with E-state index >= 15 is 0 Å². The van der Waals surface area contributed by atoms with Crippen LogP contribution in [-0.2, 0) is 13.8 Å². The third-order valence-corrected chi connectivity index (χ3v) is 5.23. The summed E-state index contributed by atoms with van der Waals surface area (Å²) >= 11 is 0. The maximum absolute atomic E-state index is 15.0. The highest BCUT2D eigenvalue weighted by molar-refractivity contribution is 7.33. The molecule has 9 nitrogen and oxygen atoms in total. The first-order chi connectivity index (χ1) is 13.9. The van der Waals surface area contributed by atoms with Crippen molar-refractivity contribution in [3.63, 3.8) is 0 Å². The zero-order chi connectivity index (χ0) is 20.6. The van der Waals surface area contributed by atoms with E-state index < -0.39 is 38.7 Å². The van der Waals surface area contributed by atoms with E-state index in [0.29, 0.717) is 0 Å². The van der Waals surface area contributed by atoms with Gasteiger partial charge >= 0.3 is 8.25 Å². The SMILES string of the molecule is Nc1nc2c(ccn2[C@H]2C[C@H](F)[C@@](F)(CO[PH](=O)Oc3ccccc3)O2)c(=O)[nH]1. The van der Waals surface area contributed by atoms with Gasteiger partial charge in [0.15, 0.2) is 11.8 Å². The van der Waals surface area contributed by atoms with Gasteiger partial charge in [0.05, 0.1) is 5.39 Å². The molecule has 0 saturated carbocycles. The fourth-order valence-corrected chi connectivity index (χ4v) is 3.76. The van der Waals surface area contributed by atoms with Gasteiger partial charge in [-0.15, -0.1) is 0 Å². The van der Waals surface area contributed by atoms with E-state index in [1.165, 1.54) is 16.8 Å². The Hall–Kier alpha value is -2.75. The number of nitrogens with one attached hydrogen (secondary N) is 1. The number of anilines is 1. The van der Waals surface area contributed by atoms with Crippen molar-refractivity contribution in [1.29, 1.82) is 0 Å². The van der Waals surface area contributed by atoms with Gasteiger partial charge in [0.2, 0.25) is 5.95 Å². The molecule has 0 amide bonds. The summed E-state index contributed by atoms with van der Waals surface area (Å²) in [5.41, 5.74) is 5.20.